The van der Waals surface area contributed by atoms with Crippen molar-refractivity contribution in [3.8, 4) is 0 Å². The number of nitrogens with two attached hydrogens (primary N) is 1. The molecule has 2 nitrogen and oxygen atoms in total. The smallest absolute Gasteiger partial charge is 0.134 e. The van der Waals surface area contributed by atoms with Crippen LogP contribution in [-0.2, 0) is 0 Å². The van der Waals surface area contributed by atoms with E-state index in [0.717, 1.165) is 0 Å². The van der Waals surface area contributed by atoms with Crippen molar-refractivity contribution in [1.82, 2.24) is 0 Å². The molecule has 5 heteroatoms. The second-order valence-electron chi connectivity index (χ2n) is 3.73. The molecule has 0 radical (unpaired) electrons. The van der Waals surface area contributed by atoms with Crippen LogP contribution in [0.4, 0.5) is 13.2 Å². The molecule has 0 aliphatic carbocycles. The number of furan rings is 1. The highest BCUT2D eigenvalue weighted by Gasteiger charge is 2.23. The number of halogens is 3. The van der Waals surface area contributed by atoms with Crippen LogP contribution in [0.1, 0.15) is 22.9 Å². The number of aryl methyl sites for hydroxylation is 1. The Hall–Kier alpha value is -1.75. The van der Waals surface area contributed by atoms with Crippen LogP contribution in [-0.4, -0.2) is 0 Å². The lowest BCUT2D eigenvalue weighted by Crippen LogP contribution is -2.16. The van der Waals surface area contributed by atoms with Gasteiger partial charge in [-0.2, -0.15) is 0 Å². The standard InChI is InChI=1S/C12H10F3NO/c1-6-2-3-17-12(6)11(16)10-8(14)4-7(13)5-9(10)15/h2-5,11H,16H2,1H3. The summed E-state index contributed by atoms with van der Waals surface area (Å²) in [6, 6.07) is 1.73. The molecule has 1 unspecified atom stereocenters. The van der Waals surface area contributed by atoms with Crippen LogP contribution >= 0.6 is 0 Å². The lowest BCUT2D eigenvalue weighted by Gasteiger charge is -2.12. The van der Waals surface area contributed by atoms with Gasteiger partial charge in [-0.1, -0.05) is 0 Å². The second-order valence-corrected chi connectivity index (χ2v) is 3.73. The molecule has 0 saturated heterocycles. The van der Waals surface area contributed by atoms with Crippen molar-refractivity contribution in [2.45, 2.75) is 13.0 Å². The zero-order valence-electron chi connectivity index (χ0n) is 9.01. The quantitative estimate of drug-likeness (QED) is 0.877. The van der Waals surface area contributed by atoms with Gasteiger partial charge in [-0.15, -0.1) is 0 Å². The van der Waals surface area contributed by atoms with Crippen molar-refractivity contribution in [2.75, 3.05) is 0 Å². The molecule has 0 aliphatic heterocycles. The van der Waals surface area contributed by atoms with Crippen LogP contribution in [0.3, 0.4) is 0 Å². The van der Waals surface area contributed by atoms with Crippen LogP contribution < -0.4 is 5.73 Å². The van der Waals surface area contributed by atoms with E-state index < -0.39 is 29.1 Å². The maximum Gasteiger partial charge on any atom is 0.134 e. The van der Waals surface area contributed by atoms with Gasteiger partial charge in [0.2, 0.25) is 0 Å². The molecule has 2 N–H and O–H groups in total. The fourth-order valence-corrected chi connectivity index (χ4v) is 1.68. The van der Waals surface area contributed by atoms with E-state index in [0.29, 0.717) is 17.7 Å². The lowest BCUT2D eigenvalue weighted by atomic mass is 10.0. The fourth-order valence-electron chi connectivity index (χ4n) is 1.68. The minimum Gasteiger partial charge on any atom is -0.467 e. The Balaban J connectivity index is 2.51. The van der Waals surface area contributed by atoms with Crippen molar-refractivity contribution in [3.63, 3.8) is 0 Å². The first kappa shape index (κ1) is 11.7. The zero-order valence-corrected chi connectivity index (χ0v) is 9.01. The van der Waals surface area contributed by atoms with Crippen molar-refractivity contribution in [2.24, 2.45) is 5.73 Å². The third-order valence-electron chi connectivity index (χ3n) is 2.54. The molecular formula is C12H10F3NO. The summed E-state index contributed by atoms with van der Waals surface area (Å²) in [5, 5.41) is 0. The van der Waals surface area contributed by atoms with Gasteiger partial charge in [0, 0.05) is 17.7 Å². The molecule has 1 aromatic heterocycles. The van der Waals surface area contributed by atoms with E-state index >= 15 is 0 Å². The Morgan fingerprint density at radius 2 is 1.76 bits per heavy atom. The molecule has 2 rings (SSSR count). The van der Waals surface area contributed by atoms with Crippen LogP contribution in [0.2, 0.25) is 0 Å². The third kappa shape index (κ3) is 2.06. The number of benzene rings is 1. The monoisotopic (exact) mass is 241 g/mol. The number of hydrogen-bond donors (Lipinski definition) is 1. The SMILES string of the molecule is Cc1ccoc1C(N)c1c(F)cc(F)cc1F. The molecule has 0 bridgehead atoms. The average molecular weight is 241 g/mol. The molecule has 90 valence electrons. The summed E-state index contributed by atoms with van der Waals surface area (Å²) in [6.07, 6.45) is 1.38. The van der Waals surface area contributed by atoms with Crippen LogP contribution in [0.15, 0.2) is 28.9 Å². The van der Waals surface area contributed by atoms with Gasteiger partial charge in [0.1, 0.15) is 23.2 Å². The molecule has 0 aliphatic rings. The summed E-state index contributed by atoms with van der Waals surface area (Å²) in [6.45, 7) is 1.71. The maximum atomic E-state index is 13.5. The van der Waals surface area contributed by atoms with Gasteiger partial charge in [-0.05, 0) is 18.6 Å². The van der Waals surface area contributed by atoms with Gasteiger partial charge in [0.25, 0.3) is 0 Å². The van der Waals surface area contributed by atoms with E-state index in [2.05, 4.69) is 0 Å². The summed E-state index contributed by atoms with van der Waals surface area (Å²) < 4.78 is 44.8. The summed E-state index contributed by atoms with van der Waals surface area (Å²) in [4.78, 5) is 0. The topological polar surface area (TPSA) is 39.2 Å². The summed E-state index contributed by atoms with van der Waals surface area (Å²) >= 11 is 0. The largest absolute Gasteiger partial charge is 0.467 e. The Morgan fingerprint density at radius 3 is 2.24 bits per heavy atom. The fraction of sp³-hybridized carbons (Fsp3) is 0.167. The molecule has 1 atom stereocenters. The van der Waals surface area contributed by atoms with Gasteiger partial charge in [-0.3, -0.25) is 0 Å². The highest BCUT2D eigenvalue weighted by atomic mass is 19.1. The minimum absolute atomic E-state index is 0.259. The van der Waals surface area contributed by atoms with Crippen LogP contribution in [0.25, 0.3) is 0 Å². The van der Waals surface area contributed by atoms with E-state index in [1.807, 2.05) is 0 Å². The van der Waals surface area contributed by atoms with Gasteiger partial charge >= 0.3 is 0 Å². The molecule has 0 saturated carbocycles. The molecule has 0 amide bonds. The number of rotatable bonds is 2. The highest BCUT2D eigenvalue weighted by molar-refractivity contribution is 5.32. The normalized spacial score (nSPS) is 12.8. The first-order valence-electron chi connectivity index (χ1n) is 4.94. The van der Waals surface area contributed by atoms with Crippen LogP contribution in [0.5, 0.6) is 0 Å². The molecule has 0 spiro atoms. The van der Waals surface area contributed by atoms with Crippen molar-refractivity contribution in [1.29, 1.82) is 0 Å². The summed E-state index contributed by atoms with van der Waals surface area (Å²) in [7, 11) is 0. The van der Waals surface area contributed by atoms with Crippen molar-refractivity contribution in [3.05, 3.63) is 58.8 Å². The van der Waals surface area contributed by atoms with E-state index in [4.69, 9.17) is 10.2 Å². The molecule has 1 aromatic carbocycles. The van der Waals surface area contributed by atoms with E-state index in [1.54, 1.807) is 13.0 Å². The van der Waals surface area contributed by atoms with Crippen LogP contribution in [0, 0.1) is 24.4 Å². The van der Waals surface area contributed by atoms with E-state index in [9.17, 15) is 13.2 Å². The molecular weight excluding hydrogens is 231 g/mol. The Kier molecular flexibility index (Phi) is 2.93. The first-order valence-corrected chi connectivity index (χ1v) is 4.94. The first-order chi connectivity index (χ1) is 8.00. The average Bonchev–Trinajstić information content (AvgIpc) is 2.62. The third-order valence-corrected chi connectivity index (χ3v) is 2.54. The molecule has 0 fully saturated rings. The Morgan fingerprint density at radius 1 is 1.18 bits per heavy atom. The van der Waals surface area contributed by atoms with Gasteiger partial charge in [0.15, 0.2) is 0 Å². The minimum atomic E-state index is -1.09. The molecule has 2 aromatic rings. The zero-order chi connectivity index (χ0) is 12.6. The van der Waals surface area contributed by atoms with Gasteiger partial charge in [-0.25, -0.2) is 13.2 Å². The van der Waals surface area contributed by atoms with Crippen molar-refractivity contribution >= 4 is 0 Å². The van der Waals surface area contributed by atoms with Crippen molar-refractivity contribution < 1.29 is 17.6 Å². The molecule has 1 heterocycles. The second kappa shape index (κ2) is 4.25. The van der Waals surface area contributed by atoms with E-state index in [1.165, 1.54) is 6.26 Å². The molecule has 17 heavy (non-hydrogen) atoms. The predicted molar refractivity (Wildman–Crippen MR) is 55.8 cm³/mol. The highest BCUT2D eigenvalue weighted by Crippen LogP contribution is 2.28. The summed E-state index contributed by atoms with van der Waals surface area (Å²) in [5.41, 5.74) is 6.00. The summed E-state index contributed by atoms with van der Waals surface area (Å²) in [5.74, 6) is -2.77. The lowest BCUT2D eigenvalue weighted by molar-refractivity contribution is 0.458. The maximum absolute atomic E-state index is 13.5. The van der Waals surface area contributed by atoms with Gasteiger partial charge < -0.3 is 10.2 Å². The number of hydrogen-bond acceptors (Lipinski definition) is 2. The van der Waals surface area contributed by atoms with E-state index in [-0.39, 0.29) is 5.76 Å². The Bertz CT molecular complexity index is 527. The Labute approximate surface area is 95.8 Å². The van der Waals surface area contributed by atoms with Gasteiger partial charge in [0.05, 0.1) is 12.3 Å². The predicted octanol–water partition coefficient (Wildman–Crippen LogP) is 3.05.